The predicted octanol–water partition coefficient (Wildman–Crippen LogP) is -2.24. The van der Waals surface area contributed by atoms with Gasteiger partial charge < -0.3 is 37.6 Å². The van der Waals surface area contributed by atoms with Crippen LogP contribution in [0.25, 0.3) is 0 Å². The van der Waals surface area contributed by atoms with Gasteiger partial charge in [0.1, 0.15) is 18.1 Å². The van der Waals surface area contributed by atoms with Gasteiger partial charge in [-0.25, -0.2) is 4.79 Å². The van der Waals surface area contributed by atoms with E-state index in [1.54, 1.807) is 6.26 Å². The number of rotatable bonds is 16. The average molecular weight is 478 g/mol. The van der Waals surface area contributed by atoms with Crippen molar-refractivity contribution in [3.63, 3.8) is 0 Å². The van der Waals surface area contributed by atoms with E-state index >= 15 is 0 Å². The van der Waals surface area contributed by atoms with Crippen LogP contribution < -0.4 is 27.4 Å². The van der Waals surface area contributed by atoms with Gasteiger partial charge in [-0.2, -0.15) is 11.8 Å². The lowest BCUT2D eigenvalue weighted by atomic mass is 10.1. The van der Waals surface area contributed by atoms with E-state index in [0.29, 0.717) is 5.75 Å². The van der Waals surface area contributed by atoms with Gasteiger partial charge >= 0.3 is 11.9 Å². The van der Waals surface area contributed by atoms with E-state index in [-0.39, 0.29) is 25.7 Å². The largest absolute Gasteiger partial charge is 0.481 e. The maximum Gasteiger partial charge on any atom is 0.326 e. The summed E-state index contributed by atoms with van der Waals surface area (Å²) < 4.78 is 0. The van der Waals surface area contributed by atoms with Crippen molar-refractivity contribution in [3.05, 3.63) is 0 Å². The molecule has 0 aromatic rings. The normalized spacial score (nSPS) is 14.3. The molecule has 0 saturated carbocycles. The van der Waals surface area contributed by atoms with E-state index in [0.717, 1.165) is 0 Å². The Kier molecular flexibility index (Phi) is 13.7. The number of thioether (sulfide) groups is 1. The molecule has 0 heterocycles. The topological polar surface area (TPSA) is 231 Å². The lowest BCUT2D eigenvalue weighted by molar-refractivity contribution is -0.143. The Labute approximate surface area is 189 Å². The maximum absolute atomic E-state index is 12.6. The van der Waals surface area contributed by atoms with Crippen molar-refractivity contribution in [1.29, 1.82) is 0 Å². The molecular formula is C18H31N5O8S. The maximum atomic E-state index is 12.6. The Morgan fingerprint density at radius 2 is 1.44 bits per heavy atom. The molecule has 13 nitrogen and oxygen atoms in total. The van der Waals surface area contributed by atoms with E-state index in [4.69, 9.17) is 21.7 Å². The number of amides is 4. The van der Waals surface area contributed by atoms with Crippen LogP contribution >= 0.6 is 11.8 Å². The molecule has 0 rings (SSSR count). The predicted molar refractivity (Wildman–Crippen MR) is 115 cm³/mol. The second-order valence-electron chi connectivity index (χ2n) is 7.02. The molecule has 4 amide bonds. The molecule has 0 aliphatic rings. The third kappa shape index (κ3) is 12.1. The minimum Gasteiger partial charge on any atom is -0.481 e. The number of hydrogen-bond acceptors (Lipinski definition) is 8. The number of hydrogen-bond donors (Lipinski definition) is 7. The van der Waals surface area contributed by atoms with Gasteiger partial charge in [0.25, 0.3) is 0 Å². The van der Waals surface area contributed by atoms with Crippen molar-refractivity contribution in [2.45, 2.75) is 63.2 Å². The fraction of sp³-hybridized carbons (Fsp3) is 0.667. The summed E-state index contributed by atoms with van der Waals surface area (Å²) in [6, 6.07) is -4.68. The molecule has 182 valence electrons. The van der Waals surface area contributed by atoms with Crippen LogP contribution in [0, 0.1) is 0 Å². The van der Waals surface area contributed by atoms with Crippen LogP contribution in [0.15, 0.2) is 0 Å². The van der Waals surface area contributed by atoms with Crippen molar-refractivity contribution < 1.29 is 39.0 Å². The molecule has 0 aromatic heterocycles. The van der Waals surface area contributed by atoms with Gasteiger partial charge in [0.15, 0.2) is 0 Å². The second kappa shape index (κ2) is 15.0. The molecule has 0 bridgehead atoms. The lowest BCUT2D eigenvalue weighted by Crippen LogP contribution is -2.56. The second-order valence-corrected chi connectivity index (χ2v) is 8.00. The lowest BCUT2D eigenvalue weighted by Gasteiger charge is -2.23. The molecule has 0 radical (unpaired) electrons. The molecule has 4 atom stereocenters. The Balaban J connectivity index is 5.01. The van der Waals surface area contributed by atoms with Crippen LogP contribution in [0.4, 0.5) is 0 Å². The molecule has 9 N–H and O–H groups in total. The SMILES string of the molecule is CSCCC(NC(=O)C(N)CCC(N)=O)C(=O)NC(C)C(=O)NC(CCC(=O)O)C(=O)O. The average Bonchev–Trinajstić information content (AvgIpc) is 2.71. The quantitative estimate of drug-likeness (QED) is 0.126. The van der Waals surface area contributed by atoms with Crippen molar-refractivity contribution in [3.8, 4) is 0 Å². The third-order valence-corrected chi connectivity index (χ3v) is 4.94. The van der Waals surface area contributed by atoms with Crippen molar-refractivity contribution in [2.24, 2.45) is 11.5 Å². The smallest absolute Gasteiger partial charge is 0.326 e. The third-order valence-electron chi connectivity index (χ3n) is 4.30. The zero-order chi connectivity index (χ0) is 24.8. The van der Waals surface area contributed by atoms with Gasteiger partial charge in [-0.15, -0.1) is 0 Å². The summed E-state index contributed by atoms with van der Waals surface area (Å²) in [5, 5.41) is 24.9. The van der Waals surface area contributed by atoms with Gasteiger partial charge in [-0.05, 0) is 38.2 Å². The van der Waals surface area contributed by atoms with E-state index in [1.165, 1.54) is 18.7 Å². The summed E-state index contributed by atoms with van der Waals surface area (Å²) in [5.41, 5.74) is 10.7. The van der Waals surface area contributed by atoms with E-state index in [2.05, 4.69) is 16.0 Å². The fourth-order valence-electron chi connectivity index (χ4n) is 2.41. The summed E-state index contributed by atoms with van der Waals surface area (Å²) in [7, 11) is 0. The first-order valence-corrected chi connectivity index (χ1v) is 11.2. The number of aliphatic carboxylic acids is 2. The molecule has 0 fully saturated rings. The molecule has 4 unspecified atom stereocenters. The van der Waals surface area contributed by atoms with Crippen LogP contribution in [0.1, 0.15) is 39.0 Å². The van der Waals surface area contributed by atoms with E-state index in [9.17, 15) is 28.8 Å². The molecule has 32 heavy (non-hydrogen) atoms. The Morgan fingerprint density at radius 3 is 1.94 bits per heavy atom. The Hall–Kier alpha value is -2.87. The highest BCUT2D eigenvalue weighted by atomic mass is 32.2. The van der Waals surface area contributed by atoms with Gasteiger partial charge in [0.05, 0.1) is 6.04 Å². The summed E-state index contributed by atoms with van der Waals surface area (Å²) in [6.45, 7) is 1.31. The Bertz CT molecular complexity index is 705. The first kappa shape index (κ1) is 29.1. The summed E-state index contributed by atoms with van der Waals surface area (Å²) >= 11 is 1.43. The molecular weight excluding hydrogens is 446 g/mol. The highest BCUT2D eigenvalue weighted by Gasteiger charge is 2.28. The van der Waals surface area contributed by atoms with Crippen molar-refractivity contribution in [1.82, 2.24) is 16.0 Å². The van der Waals surface area contributed by atoms with Crippen molar-refractivity contribution in [2.75, 3.05) is 12.0 Å². The minimum absolute atomic E-state index is 0.00373. The number of carbonyl (C=O) groups is 6. The van der Waals surface area contributed by atoms with E-state index in [1.807, 2.05) is 0 Å². The van der Waals surface area contributed by atoms with Gasteiger partial charge in [-0.1, -0.05) is 0 Å². The molecule has 0 saturated heterocycles. The number of nitrogens with one attached hydrogen (secondary N) is 3. The number of carbonyl (C=O) groups excluding carboxylic acids is 4. The van der Waals surface area contributed by atoms with Gasteiger partial charge in [-0.3, -0.25) is 24.0 Å². The standard InChI is InChI=1S/C18H31N5O8S/c1-9(15(27)23-12(18(30)31)4-6-14(25)26)21-17(29)11(7-8-32-2)22-16(28)10(19)3-5-13(20)24/h9-12H,3-8,19H2,1-2H3,(H2,20,24)(H,21,29)(H,22,28)(H,23,27)(H,25,26)(H,30,31). The zero-order valence-corrected chi connectivity index (χ0v) is 18.8. The summed E-state index contributed by atoms with van der Waals surface area (Å²) in [4.78, 5) is 69.8. The van der Waals surface area contributed by atoms with Crippen LogP contribution in [0.5, 0.6) is 0 Å². The molecule has 0 spiro atoms. The summed E-state index contributed by atoms with van der Waals surface area (Å²) in [5.74, 6) is -4.91. The monoisotopic (exact) mass is 477 g/mol. The molecule has 0 aromatic carbocycles. The summed E-state index contributed by atoms with van der Waals surface area (Å²) in [6.07, 6.45) is 1.15. The molecule has 0 aliphatic heterocycles. The number of carboxylic acid groups (broad SMARTS) is 2. The van der Waals surface area contributed by atoms with Gasteiger partial charge in [0.2, 0.25) is 23.6 Å². The van der Waals surface area contributed by atoms with Gasteiger partial charge in [0, 0.05) is 12.8 Å². The van der Waals surface area contributed by atoms with Crippen LogP contribution in [-0.2, 0) is 28.8 Å². The van der Waals surface area contributed by atoms with E-state index < -0.39 is 66.2 Å². The highest BCUT2D eigenvalue weighted by Crippen LogP contribution is 2.04. The zero-order valence-electron chi connectivity index (χ0n) is 18.0. The van der Waals surface area contributed by atoms with Crippen LogP contribution in [0.2, 0.25) is 0 Å². The highest BCUT2D eigenvalue weighted by molar-refractivity contribution is 7.98. The van der Waals surface area contributed by atoms with Crippen LogP contribution in [0.3, 0.4) is 0 Å². The van der Waals surface area contributed by atoms with Crippen LogP contribution in [-0.4, -0.2) is 82.0 Å². The number of nitrogens with two attached hydrogens (primary N) is 2. The van der Waals surface area contributed by atoms with Crippen molar-refractivity contribution >= 4 is 47.3 Å². The first-order chi connectivity index (χ1) is 14.9. The molecule has 14 heteroatoms. The number of primary amides is 1. The Morgan fingerprint density at radius 1 is 0.844 bits per heavy atom. The molecule has 0 aliphatic carbocycles. The minimum atomic E-state index is -1.44. The fourth-order valence-corrected chi connectivity index (χ4v) is 2.88. The number of carboxylic acids is 2. The first-order valence-electron chi connectivity index (χ1n) is 9.77.